The van der Waals surface area contributed by atoms with E-state index in [0.717, 1.165) is 12.2 Å². The van der Waals surface area contributed by atoms with Crippen LogP contribution in [0.3, 0.4) is 0 Å². The molecule has 0 bridgehead atoms. The predicted octanol–water partition coefficient (Wildman–Crippen LogP) is -2.07. The third-order valence-electron chi connectivity index (χ3n) is 1.75. The van der Waals surface area contributed by atoms with Crippen molar-refractivity contribution in [2.45, 2.75) is 11.8 Å². The molecule has 0 aliphatic carbocycles. The summed E-state index contributed by atoms with van der Waals surface area (Å²) in [6, 6.07) is 5.96. The minimum atomic E-state index is -3.98. The van der Waals surface area contributed by atoms with Crippen LogP contribution in [-0.4, -0.2) is 21.4 Å². The SMILES string of the molecule is Cc1ccc(S(=O)(=O)OCP(C)(=O)[O-])cc1.[Na+]. The van der Waals surface area contributed by atoms with Crippen LogP contribution < -0.4 is 34.5 Å². The Labute approximate surface area is 123 Å². The zero-order valence-corrected chi connectivity index (χ0v) is 13.6. The molecule has 1 unspecified atom stereocenters. The minimum Gasteiger partial charge on any atom is -0.798 e. The van der Waals surface area contributed by atoms with Crippen LogP contribution in [0.4, 0.5) is 0 Å². The largest absolute Gasteiger partial charge is 1.00 e. The average molecular weight is 286 g/mol. The minimum absolute atomic E-state index is 0. The van der Waals surface area contributed by atoms with E-state index in [1.165, 1.54) is 12.1 Å². The molecule has 0 N–H and O–H groups in total. The first kappa shape index (κ1) is 17.3. The Bertz CT molecular complexity index is 505. The van der Waals surface area contributed by atoms with Crippen molar-refractivity contribution in [2.75, 3.05) is 13.0 Å². The van der Waals surface area contributed by atoms with E-state index in [9.17, 15) is 17.9 Å². The molecule has 1 aromatic carbocycles. The van der Waals surface area contributed by atoms with Crippen LogP contribution in [0.1, 0.15) is 5.56 Å². The van der Waals surface area contributed by atoms with Crippen molar-refractivity contribution < 1.29 is 51.6 Å². The van der Waals surface area contributed by atoms with E-state index in [0.29, 0.717) is 0 Å². The van der Waals surface area contributed by atoms with Crippen molar-refractivity contribution in [3.63, 3.8) is 0 Å². The van der Waals surface area contributed by atoms with Crippen molar-refractivity contribution in [3.05, 3.63) is 29.8 Å². The van der Waals surface area contributed by atoms with E-state index < -0.39 is 23.8 Å². The van der Waals surface area contributed by atoms with Crippen molar-refractivity contribution in [1.29, 1.82) is 0 Å². The van der Waals surface area contributed by atoms with E-state index >= 15 is 0 Å². The van der Waals surface area contributed by atoms with E-state index in [1.807, 2.05) is 6.92 Å². The van der Waals surface area contributed by atoms with Gasteiger partial charge in [-0.1, -0.05) is 17.7 Å². The molecule has 1 aromatic rings. The molecule has 90 valence electrons. The Morgan fingerprint density at radius 3 is 2.18 bits per heavy atom. The van der Waals surface area contributed by atoms with Gasteiger partial charge in [0.1, 0.15) is 6.35 Å². The second-order valence-electron chi connectivity index (χ2n) is 3.53. The molecule has 0 fully saturated rings. The molecule has 0 aliphatic heterocycles. The van der Waals surface area contributed by atoms with E-state index in [1.54, 1.807) is 12.1 Å². The summed E-state index contributed by atoms with van der Waals surface area (Å²) >= 11 is 0. The fraction of sp³-hybridized carbons (Fsp3) is 0.333. The second-order valence-corrected chi connectivity index (χ2v) is 7.43. The number of rotatable bonds is 4. The zero-order valence-electron chi connectivity index (χ0n) is 9.91. The topological polar surface area (TPSA) is 83.5 Å². The Hall–Kier alpha value is 0.320. The van der Waals surface area contributed by atoms with Gasteiger partial charge in [-0.3, -0.25) is 4.18 Å². The van der Waals surface area contributed by atoms with Crippen molar-refractivity contribution in [1.82, 2.24) is 0 Å². The van der Waals surface area contributed by atoms with E-state index in [4.69, 9.17) is 0 Å². The summed E-state index contributed by atoms with van der Waals surface area (Å²) < 4.78 is 38.2. The van der Waals surface area contributed by atoms with Gasteiger partial charge >= 0.3 is 29.6 Å². The van der Waals surface area contributed by atoms with Gasteiger partial charge < -0.3 is 9.46 Å². The van der Waals surface area contributed by atoms with Crippen LogP contribution in [-0.2, 0) is 18.9 Å². The van der Waals surface area contributed by atoms with Gasteiger partial charge in [-0.15, -0.1) is 0 Å². The number of benzene rings is 1. The molecule has 1 rings (SSSR count). The van der Waals surface area contributed by atoms with Gasteiger partial charge in [0.15, 0.2) is 0 Å². The van der Waals surface area contributed by atoms with Gasteiger partial charge in [0.05, 0.1) is 4.90 Å². The Morgan fingerprint density at radius 1 is 1.29 bits per heavy atom. The quantitative estimate of drug-likeness (QED) is 0.361. The summed E-state index contributed by atoms with van der Waals surface area (Å²) in [5.41, 5.74) is 0.906. The standard InChI is InChI=1S/C9H13O5PS.Na/c1-8-3-5-9(6-4-8)16(12,13)14-7-15(2,10)11;/h3-6H,7H2,1-2H3,(H,10,11);/q;+1/p-1. The molecule has 0 spiro atoms. The Balaban J connectivity index is 0.00000256. The molecule has 0 radical (unpaired) electrons. The van der Waals surface area contributed by atoms with Gasteiger partial charge in [0.25, 0.3) is 10.1 Å². The molecule has 0 aromatic heterocycles. The molecule has 8 heteroatoms. The molecular formula is C9H12NaO5PS. The van der Waals surface area contributed by atoms with Gasteiger partial charge in [-0.25, -0.2) is 0 Å². The molecule has 17 heavy (non-hydrogen) atoms. The van der Waals surface area contributed by atoms with Crippen LogP contribution in [0.2, 0.25) is 0 Å². The van der Waals surface area contributed by atoms with E-state index in [-0.39, 0.29) is 34.5 Å². The third kappa shape index (κ3) is 6.15. The van der Waals surface area contributed by atoms with Gasteiger partial charge in [-0.05, 0) is 25.7 Å². The Kier molecular flexibility index (Phi) is 6.60. The fourth-order valence-corrected chi connectivity index (χ4v) is 2.86. The van der Waals surface area contributed by atoms with Crippen LogP contribution in [0.5, 0.6) is 0 Å². The summed E-state index contributed by atoms with van der Waals surface area (Å²) in [6.45, 7) is 2.74. The van der Waals surface area contributed by atoms with Crippen LogP contribution in [0, 0.1) is 6.92 Å². The van der Waals surface area contributed by atoms with E-state index in [2.05, 4.69) is 4.18 Å². The van der Waals surface area contributed by atoms with Crippen LogP contribution >= 0.6 is 7.37 Å². The first-order valence-electron chi connectivity index (χ1n) is 4.44. The molecule has 0 amide bonds. The molecule has 1 atom stereocenters. The number of hydrogen-bond acceptors (Lipinski definition) is 5. The maximum Gasteiger partial charge on any atom is 1.00 e. The summed E-state index contributed by atoms with van der Waals surface area (Å²) in [6.07, 6.45) is -0.816. The molecule has 0 heterocycles. The smallest absolute Gasteiger partial charge is 0.798 e. The molecule has 5 nitrogen and oxygen atoms in total. The summed E-state index contributed by atoms with van der Waals surface area (Å²) in [5, 5.41) is 0. The summed E-state index contributed by atoms with van der Waals surface area (Å²) in [7, 11) is -7.73. The molecular weight excluding hydrogens is 274 g/mol. The molecule has 0 aliphatic rings. The second kappa shape index (κ2) is 6.48. The first-order chi connectivity index (χ1) is 7.21. The maximum absolute atomic E-state index is 11.5. The molecule has 0 saturated heterocycles. The van der Waals surface area contributed by atoms with Crippen molar-refractivity contribution in [2.24, 2.45) is 0 Å². The van der Waals surface area contributed by atoms with Crippen molar-refractivity contribution >= 4 is 17.5 Å². The predicted molar refractivity (Wildman–Crippen MR) is 57.8 cm³/mol. The molecule has 0 saturated carbocycles. The average Bonchev–Trinajstić information content (AvgIpc) is 2.15. The van der Waals surface area contributed by atoms with Crippen molar-refractivity contribution in [3.8, 4) is 0 Å². The van der Waals surface area contributed by atoms with Gasteiger partial charge in [0, 0.05) is 7.37 Å². The van der Waals surface area contributed by atoms with Gasteiger partial charge in [-0.2, -0.15) is 8.42 Å². The first-order valence-corrected chi connectivity index (χ1v) is 8.11. The third-order valence-corrected chi connectivity index (χ3v) is 3.80. The normalized spacial score (nSPS) is 14.8. The Morgan fingerprint density at radius 2 is 1.76 bits per heavy atom. The van der Waals surface area contributed by atoms with Crippen LogP contribution in [0.25, 0.3) is 0 Å². The van der Waals surface area contributed by atoms with Crippen LogP contribution in [0.15, 0.2) is 29.2 Å². The summed E-state index contributed by atoms with van der Waals surface area (Å²) in [5.74, 6) is 0. The number of hydrogen-bond donors (Lipinski definition) is 0. The fourth-order valence-electron chi connectivity index (χ4n) is 0.938. The van der Waals surface area contributed by atoms with Gasteiger partial charge in [0.2, 0.25) is 0 Å². The zero-order chi connectivity index (χ0) is 12.4. The summed E-state index contributed by atoms with van der Waals surface area (Å²) in [4.78, 5) is 10.8. The maximum atomic E-state index is 11.5. The monoisotopic (exact) mass is 286 g/mol. The number of aryl methyl sites for hydroxylation is 1.